The molecule has 0 bridgehead atoms. The summed E-state index contributed by atoms with van der Waals surface area (Å²) < 4.78 is 17.9. The van der Waals surface area contributed by atoms with Crippen molar-refractivity contribution in [1.29, 1.82) is 0 Å². The number of ether oxygens (including phenoxy) is 1. The molecular weight excluding hydrogens is 565 g/mol. The molecule has 0 aromatic heterocycles. The predicted molar refractivity (Wildman–Crippen MR) is 187 cm³/mol. The van der Waals surface area contributed by atoms with E-state index in [1.807, 2.05) is 71.9 Å². The first-order valence-electron chi connectivity index (χ1n) is 16.1. The zero-order valence-corrected chi connectivity index (χ0v) is 30.5. The molecule has 3 rings (SSSR count). The third-order valence-corrected chi connectivity index (χ3v) is 8.09. The van der Waals surface area contributed by atoms with Gasteiger partial charge in [-0.25, -0.2) is 5.01 Å². The number of nitrogens with two attached hydrogens (primary N) is 1. The fourth-order valence-corrected chi connectivity index (χ4v) is 4.97. The first kappa shape index (κ1) is 40.3. The molecule has 2 aromatic rings. The number of aryl methyl sites for hydroxylation is 3. The average molecular weight is 626 g/mol. The second-order valence-electron chi connectivity index (χ2n) is 14.1. The third kappa shape index (κ3) is 11.9. The molecule has 1 fully saturated rings. The highest BCUT2D eigenvalue weighted by atomic mass is 16.7. The SMILES string of the molecule is CCC.COc1c(CCCB2OC(C)(C)C(C)(C)O2)ccc(C(=O)NN(C)C(N)C(C)(C)C)c1C.Cc1cc(C)cc(C=O)c1. The van der Waals surface area contributed by atoms with E-state index in [0.717, 1.165) is 59.0 Å². The number of carbonyl (C=O) groups excluding carboxylic acids is 2. The van der Waals surface area contributed by atoms with Crippen LogP contribution in [-0.2, 0) is 15.7 Å². The van der Waals surface area contributed by atoms with Crippen LogP contribution in [0.4, 0.5) is 0 Å². The molecule has 9 heteroatoms. The van der Waals surface area contributed by atoms with Gasteiger partial charge in [-0.1, -0.05) is 70.7 Å². The molecule has 0 aliphatic carbocycles. The summed E-state index contributed by atoms with van der Waals surface area (Å²) in [7, 11) is 3.22. The summed E-state index contributed by atoms with van der Waals surface area (Å²) in [6, 6.07) is 9.62. The Kier molecular flexibility index (Phi) is 15.5. The second-order valence-corrected chi connectivity index (χ2v) is 14.1. The van der Waals surface area contributed by atoms with Crippen molar-refractivity contribution in [3.05, 3.63) is 63.7 Å². The van der Waals surface area contributed by atoms with Crippen LogP contribution >= 0.6 is 0 Å². The summed E-state index contributed by atoms with van der Waals surface area (Å²) in [5.41, 5.74) is 13.8. The van der Waals surface area contributed by atoms with Crippen LogP contribution < -0.4 is 15.9 Å². The van der Waals surface area contributed by atoms with Crippen molar-refractivity contribution in [2.24, 2.45) is 11.1 Å². The van der Waals surface area contributed by atoms with E-state index in [4.69, 9.17) is 19.8 Å². The first-order chi connectivity index (χ1) is 20.7. The number of hydrazine groups is 1. The normalized spacial score (nSPS) is 15.8. The fourth-order valence-electron chi connectivity index (χ4n) is 4.97. The van der Waals surface area contributed by atoms with Crippen molar-refractivity contribution in [2.75, 3.05) is 14.2 Å². The van der Waals surface area contributed by atoms with Crippen LogP contribution in [-0.4, -0.2) is 55.8 Å². The Balaban J connectivity index is 0.000000646. The van der Waals surface area contributed by atoms with Crippen LogP contribution in [0, 0.1) is 26.2 Å². The summed E-state index contributed by atoms with van der Waals surface area (Å²) in [6.07, 6.45) is 4.31. The monoisotopic (exact) mass is 625 g/mol. The van der Waals surface area contributed by atoms with Crippen molar-refractivity contribution in [1.82, 2.24) is 10.4 Å². The maximum Gasteiger partial charge on any atom is 0.457 e. The maximum absolute atomic E-state index is 12.9. The van der Waals surface area contributed by atoms with Crippen molar-refractivity contribution >= 4 is 19.3 Å². The molecule has 1 atom stereocenters. The van der Waals surface area contributed by atoms with E-state index in [2.05, 4.69) is 47.0 Å². The van der Waals surface area contributed by atoms with Crippen LogP contribution in [0.2, 0.25) is 6.32 Å². The predicted octanol–water partition coefficient (Wildman–Crippen LogP) is 7.47. The molecule has 8 nitrogen and oxygen atoms in total. The number of nitrogens with one attached hydrogen (secondary N) is 1. The van der Waals surface area contributed by atoms with Gasteiger partial charge < -0.3 is 19.8 Å². The van der Waals surface area contributed by atoms with E-state index in [0.29, 0.717) is 5.56 Å². The summed E-state index contributed by atoms with van der Waals surface area (Å²) >= 11 is 0. The van der Waals surface area contributed by atoms with Crippen LogP contribution in [0.3, 0.4) is 0 Å². The number of benzene rings is 2. The molecule has 0 spiro atoms. The molecule has 1 amide bonds. The quantitative estimate of drug-likeness (QED) is 0.129. The highest BCUT2D eigenvalue weighted by Crippen LogP contribution is 2.38. The number of rotatable bonds is 9. The van der Waals surface area contributed by atoms with Gasteiger partial charge in [-0.05, 0) is 90.4 Å². The van der Waals surface area contributed by atoms with E-state index in [-0.39, 0.29) is 35.8 Å². The Hall–Kier alpha value is -2.72. The highest BCUT2D eigenvalue weighted by Gasteiger charge is 2.50. The van der Waals surface area contributed by atoms with Crippen LogP contribution in [0.1, 0.15) is 118 Å². The number of hydrogen-bond donors (Lipinski definition) is 2. The Bertz CT molecular complexity index is 1220. The summed E-state index contributed by atoms with van der Waals surface area (Å²) in [5.74, 6) is 0.543. The van der Waals surface area contributed by atoms with Crippen molar-refractivity contribution in [3.63, 3.8) is 0 Å². The molecule has 252 valence electrons. The number of amides is 1. The van der Waals surface area contributed by atoms with Crippen LogP contribution in [0.25, 0.3) is 0 Å². The van der Waals surface area contributed by atoms with Gasteiger partial charge in [-0.15, -0.1) is 0 Å². The van der Waals surface area contributed by atoms with Gasteiger partial charge in [-0.2, -0.15) is 0 Å². The molecular formula is C36H60BN3O5. The van der Waals surface area contributed by atoms with E-state index in [1.54, 1.807) is 19.2 Å². The molecule has 1 aliphatic rings. The van der Waals surface area contributed by atoms with Crippen molar-refractivity contribution in [3.8, 4) is 5.75 Å². The van der Waals surface area contributed by atoms with Gasteiger partial charge in [0.15, 0.2) is 0 Å². The van der Waals surface area contributed by atoms with Crippen molar-refractivity contribution in [2.45, 2.75) is 126 Å². The standard InChI is InChI=1S/C24H42BN3O4.C9H10O.C3H8/c1-16-18(20(29)27-28(9)21(26)22(2,3)4)14-13-17(19(16)30-10)12-11-15-25-31-23(5,6)24(7,8)32-25;1-7-3-8(2)5-9(4-7)6-10;1-3-2/h13-14,21H,11-12,15,26H2,1-10H3,(H,27,29);3-6H,1-2H3;3H2,1-2H3. The summed E-state index contributed by atoms with van der Waals surface area (Å²) in [5, 5.41) is 1.66. The molecule has 1 unspecified atom stereocenters. The highest BCUT2D eigenvalue weighted by molar-refractivity contribution is 6.45. The fraction of sp³-hybridized carbons (Fsp3) is 0.611. The van der Waals surface area contributed by atoms with Gasteiger partial charge in [0.05, 0.1) is 24.5 Å². The van der Waals surface area contributed by atoms with E-state index < -0.39 is 0 Å². The molecule has 3 N–H and O–H groups in total. The molecule has 2 aromatic carbocycles. The minimum absolute atomic E-state index is 0.171. The lowest BCUT2D eigenvalue weighted by molar-refractivity contribution is 0.00578. The Morgan fingerprint density at radius 1 is 1.04 bits per heavy atom. The van der Waals surface area contributed by atoms with E-state index in [9.17, 15) is 9.59 Å². The van der Waals surface area contributed by atoms with Crippen LogP contribution in [0.5, 0.6) is 5.75 Å². The number of carbonyl (C=O) groups is 2. The minimum Gasteiger partial charge on any atom is -0.496 e. The van der Waals surface area contributed by atoms with Gasteiger partial charge in [0.1, 0.15) is 12.0 Å². The second kappa shape index (κ2) is 17.3. The number of aldehydes is 1. The lowest BCUT2D eigenvalue weighted by atomic mass is 9.81. The zero-order chi connectivity index (χ0) is 34.8. The van der Waals surface area contributed by atoms with Gasteiger partial charge in [0, 0.05) is 23.7 Å². The summed E-state index contributed by atoms with van der Waals surface area (Å²) in [4.78, 5) is 23.2. The van der Waals surface area contributed by atoms with Gasteiger partial charge in [0.2, 0.25) is 0 Å². The van der Waals surface area contributed by atoms with Crippen molar-refractivity contribution < 1.29 is 23.6 Å². The molecule has 1 saturated heterocycles. The topological polar surface area (TPSA) is 103 Å². The average Bonchev–Trinajstić information content (AvgIpc) is 3.13. The Labute approximate surface area is 273 Å². The number of nitrogens with zero attached hydrogens (tertiary/aromatic N) is 1. The summed E-state index contributed by atoms with van der Waals surface area (Å²) in [6.45, 7) is 24.5. The molecule has 0 radical (unpaired) electrons. The van der Waals surface area contributed by atoms with Gasteiger partial charge in [-0.3, -0.25) is 15.0 Å². The molecule has 45 heavy (non-hydrogen) atoms. The van der Waals surface area contributed by atoms with Gasteiger partial charge in [0.25, 0.3) is 5.91 Å². The molecule has 1 aliphatic heterocycles. The molecule has 1 heterocycles. The lowest BCUT2D eigenvalue weighted by Crippen LogP contribution is -2.55. The lowest BCUT2D eigenvalue weighted by Gasteiger charge is -2.35. The molecule has 0 saturated carbocycles. The first-order valence-corrected chi connectivity index (χ1v) is 16.1. The number of hydrogen-bond acceptors (Lipinski definition) is 7. The Morgan fingerprint density at radius 3 is 2.00 bits per heavy atom. The maximum atomic E-state index is 12.9. The minimum atomic E-state index is -0.317. The van der Waals surface area contributed by atoms with E-state index >= 15 is 0 Å². The van der Waals surface area contributed by atoms with Gasteiger partial charge >= 0.3 is 7.12 Å². The largest absolute Gasteiger partial charge is 0.496 e. The Morgan fingerprint density at radius 2 is 1.56 bits per heavy atom. The third-order valence-electron chi connectivity index (χ3n) is 8.09. The van der Waals surface area contributed by atoms with Crippen LogP contribution in [0.15, 0.2) is 30.3 Å². The smallest absolute Gasteiger partial charge is 0.457 e. The number of methoxy groups -OCH3 is 1. The zero-order valence-electron chi connectivity index (χ0n) is 30.5. The van der Waals surface area contributed by atoms with E-state index in [1.165, 1.54) is 6.42 Å².